The molecule has 1 fully saturated rings. The van der Waals surface area contributed by atoms with Gasteiger partial charge in [0.15, 0.2) is 0 Å². The van der Waals surface area contributed by atoms with Crippen molar-refractivity contribution < 1.29 is 27.9 Å². The molecule has 2 heterocycles. The molecule has 2 N–H and O–H groups in total. The van der Waals surface area contributed by atoms with E-state index in [4.69, 9.17) is 0 Å². The molecule has 2 aromatic rings. The van der Waals surface area contributed by atoms with Gasteiger partial charge in [0.2, 0.25) is 15.9 Å². The quantitative estimate of drug-likeness (QED) is 0.275. The molecule has 0 saturated carbocycles. The molecule has 0 bridgehead atoms. The minimum Gasteiger partial charge on any atom is -0.480 e. The summed E-state index contributed by atoms with van der Waals surface area (Å²) >= 11 is 1.33. The van der Waals surface area contributed by atoms with Crippen molar-refractivity contribution in [2.75, 3.05) is 12.3 Å². The van der Waals surface area contributed by atoms with E-state index in [1.54, 1.807) is 37.3 Å². The lowest BCUT2D eigenvalue weighted by molar-refractivity contribution is -0.142. The Bertz CT molecular complexity index is 1400. The van der Waals surface area contributed by atoms with E-state index < -0.39 is 39.4 Å². The molecule has 0 spiro atoms. The van der Waals surface area contributed by atoms with Crippen molar-refractivity contribution in [3.8, 4) is 0 Å². The van der Waals surface area contributed by atoms with Gasteiger partial charge in [-0.1, -0.05) is 48.9 Å². The van der Waals surface area contributed by atoms with E-state index in [2.05, 4.69) is 10.3 Å². The van der Waals surface area contributed by atoms with Crippen molar-refractivity contribution in [2.24, 2.45) is 4.99 Å². The molecule has 43 heavy (non-hydrogen) atoms. The second-order valence-corrected chi connectivity index (χ2v) is 14.4. The molecule has 2 aliphatic rings. The second-order valence-electron chi connectivity index (χ2n) is 11.2. The average Bonchev–Trinajstić information content (AvgIpc) is 3.41. The lowest BCUT2D eigenvalue weighted by atomic mass is 9.99. The van der Waals surface area contributed by atoms with Crippen molar-refractivity contribution in [1.82, 2.24) is 9.62 Å². The highest BCUT2D eigenvalue weighted by Gasteiger charge is 2.45. The zero-order chi connectivity index (χ0) is 30.8. The smallest absolute Gasteiger partial charge is 0.326 e. The van der Waals surface area contributed by atoms with Gasteiger partial charge in [-0.3, -0.25) is 14.6 Å². The number of unbranched alkanes of at least 4 members (excludes halogenated alkanes) is 2. The predicted octanol–water partition coefficient (Wildman–Crippen LogP) is 4.64. The minimum absolute atomic E-state index is 0.0292. The third-order valence-corrected chi connectivity index (χ3v) is 11.2. The molecule has 1 amide bonds. The number of carboxylic acid groups (broad SMARTS) is 1. The first-order chi connectivity index (χ1) is 20.6. The maximum absolute atomic E-state index is 13.3. The van der Waals surface area contributed by atoms with Crippen LogP contribution in [0.2, 0.25) is 0 Å². The van der Waals surface area contributed by atoms with Crippen molar-refractivity contribution in [3.63, 3.8) is 0 Å². The number of nitrogens with one attached hydrogen (secondary N) is 1. The average molecular weight is 628 g/mol. The Labute approximate surface area is 258 Å². The molecular weight excluding hydrogens is 587 g/mol. The third kappa shape index (κ3) is 9.23. The van der Waals surface area contributed by atoms with Crippen LogP contribution in [0.5, 0.6) is 0 Å². The van der Waals surface area contributed by atoms with Crippen LogP contribution < -0.4 is 5.32 Å². The fourth-order valence-corrected chi connectivity index (χ4v) is 8.83. The Kier molecular flexibility index (Phi) is 12.0. The Morgan fingerprint density at radius 1 is 1.02 bits per heavy atom. The van der Waals surface area contributed by atoms with E-state index in [0.717, 1.165) is 44.2 Å². The maximum atomic E-state index is 13.3. The number of aliphatic carboxylic acids is 1. The van der Waals surface area contributed by atoms with Crippen LogP contribution in [-0.4, -0.2) is 71.0 Å². The topological polar surface area (TPSA) is 133 Å². The fourth-order valence-electron chi connectivity index (χ4n) is 5.50. The number of hydrogen-bond acceptors (Lipinski definition) is 7. The summed E-state index contributed by atoms with van der Waals surface area (Å²) in [6.07, 6.45) is 8.43. The largest absolute Gasteiger partial charge is 0.480 e. The summed E-state index contributed by atoms with van der Waals surface area (Å²) in [6, 6.07) is 12.8. The highest BCUT2D eigenvalue weighted by molar-refractivity contribution is 8.01. The monoisotopic (exact) mass is 627 g/mol. The number of carbonyl (C=O) groups is 3. The van der Waals surface area contributed by atoms with E-state index >= 15 is 0 Å². The van der Waals surface area contributed by atoms with Gasteiger partial charge in [0.1, 0.15) is 17.9 Å². The molecule has 4 rings (SSSR count). The number of sulfonamides is 1. The summed E-state index contributed by atoms with van der Waals surface area (Å²) in [7, 11) is -3.95. The van der Waals surface area contributed by atoms with Crippen molar-refractivity contribution in [2.45, 2.75) is 93.5 Å². The number of nitrogens with zero attached hydrogens (tertiary/aromatic N) is 2. The standard InChI is InChI=1S/C32H41N3O6S2/c1-23-35(43(40,41)28-13-6-3-7-14-28)30(22-42-23)31(37)34-29(32(38)39)21-25-17-15-24(16-18-25)20-27(36)12-5-2-4-10-26-11-8-9-19-33-26/h3,6-7,13-18,23,29-30H,2,4-5,8-12,19-22H2,1H3,(H,34,37)(H,38,39)/t23?,29?,30-/m0/s1. The summed E-state index contributed by atoms with van der Waals surface area (Å²) in [4.78, 5) is 42.4. The highest BCUT2D eigenvalue weighted by Crippen LogP contribution is 2.34. The zero-order valence-electron chi connectivity index (χ0n) is 24.6. The minimum atomic E-state index is -3.95. The summed E-state index contributed by atoms with van der Waals surface area (Å²) in [6.45, 7) is 2.67. The van der Waals surface area contributed by atoms with E-state index in [9.17, 15) is 27.9 Å². The number of amides is 1. The number of Topliss-reactive ketones (excluding diaryl/α,β-unsaturated/α-hetero) is 1. The summed E-state index contributed by atoms with van der Waals surface area (Å²) in [5, 5.41) is 11.9. The number of ketones is 1. The molecule has 232 valence electrons. The van der Waals surface area contributed by atoms with Gasteiger partial charge in [0, 0.05) is 37.3 Å². The lowest BCUT2D eigenvalue weighted by Crippen LogP contribution is -2.53. The molecule has 11 heteroatoms. The van der Waals surface area contributed by atoms with Crippen LogP contribution in [-0.2, 0) is 37.2 Å². The molecule has 0 radical (unpaired) electrons. The van der Waals surface area contributed by atoms with Gasteiger partial charge in [-0.25, -0.2) is 13.2 Å². The van der Waals surface area contributed by atoms with E-state index in [-0.39, 0.29) is 22.9 Å². The van der Waals surface area contributed by atoms with Crippen molar-refractivity contribution >= 4 is 45.2 Å². The van der Waals surface area contributed by atoms with Crippen LogP contribution in [0.3, 0.4) is 0 Å². The Morgan fingerprint density at radius 3 is 2.42 bits per heavy atom. The normalized spacial score (nSPS) is 19.9. The van der Waals surface area contributed by atoms with Crippen LogP contribution in [0.25, 0.3) is 0 Å². The molecule has 0 aliphatic carbocycles. The number of carboxylic acids is 1. The first-order valence-corrected chi connectivity index (χ1v) is 17.5. The highest BCUT2D eigenvalue weighted by atomic mass is 32.2. The molecule has 0 aromatic heterocycles. The number of aliphatic imine (C=N–C) groups is 1. The van der Waals surface area contributed by atoms with Gasteiger partial charge in [-0.2, -0.15) is 4.31 Å². The molecule has 3 atom stereocenters. The van der Waals surface area contributed by atoms with Crippen molar-refractivity contribution in [1.29, 1.82) is 0 Å². The number of benzene rings is 2. The molecule has 2 aliphatic heterocycles. The summed E-state index contributed by atoms with van der Waals surface area (Å²) in [5.41, 5.74) is 2.88. The first-order valence-electron chi connectivity index (χ1n) is 15.0. The molecular formula is C32H41N3O6S2. The van der Waals surface area contributed by atoms with Crippen LogP contribution >= 0.6 is 11.8 Å². The molecule has 1 saturated heterocycles. The number of hydrogen-bond donors (Lipinski definition) is 2. The van der Waals surface area contributed by atoms with Gasteiger partial charge in [-0.05, 0) is 68.7 Å². The lowest BCUT2D eigenvalue weighted by Gasteiger charge is -2.27. The molecule has 2 aromatic carbocycles. The summed E-state index contributed by atoms with van der Waals surface area (Å²) in [5.74, 6) is -1.45. The number of rotatable bonds is 15. The SMILES string of the molecule is CC1SC[C@@H](C(=O)NC(Cc2ccc(CC(=O)CCCCCC3=NCCCC3)cc2)C(=O)O)N1S(=O)(=O)c1ccccc1. The Balaban J connectivity index is 1.27. The van der Waals surface area contributed by atoms with Gasteiger partial charge in [0.25, 0.3) is 0 Å². The van der Waals surface area contributed by atoms with Crippen LogP contribution in [0, 0.1) is 0 Å². The Morgan fingerprint density at radius 2 is 1.74 bits per heavy atom. The van der Waals surface area contributed by atoms with E-state index in [1.807, 2.05) is 12.1 Å². The van der Waals surface area contributed by atoms with E-state index in [0.29, 0.717) is 18.4 Å². The first kappa shape index (κ1) is 32.9. The zero-order valence-corrected chi connectivity index (χ0v) is 26.2. The number of carbonyl (C=O) groups excluding carboxylic acids is 2. The van der Waals surface area contributed by atoms with Gasteiger partial charge in [0.05, 0.1) is 10.3 Å². The van der Waals surface area contributed by atoms with Crippen LogP contribution in [0.1, 0.15) is 69.4 Å². The van der Waals surface area contributed by atoms with Crippen LogP contribution in [0.15, 0.2) is 64.5 Å². The van der Waals surface area contributed by atoms with Crippen molar-refractivity contribution in [3.05, 3.63) is 65.7 Å². The maximum Gasteiger partial charge on any atom is 0.326 e. The van der Waals surface area contributed by atoms with Gasteiger partial charge < -0.3 is 10.4 Å². The van der Waals surface area contributed by atoms with Crippen LogP contribution in [0.4, 0.5) is 0 Å². The van der Waals surface area contributed by atoms with Gasteiger partial charge >= 0.3 is 5.97 Å². The number of thioether (sulfide) groups is 1. The predicted molar refractivity (Wildman–Crippen MR) is 169 cm³/mol. The second kappa shape index (κ2) is 15.6. The molecule has 9 nitrogen and oxygen atoms in total. The Hall–Kier alpha value is -3.02. The summed E-state index contributed by atoms with van der Waals surface area (Å²) < 4.78 is 27.8. The molecule has 2 unspecified atom stereocenters. The third-order valence-electron chi connectivity index (χ3n) is 7.89. The van der Waals surface area contributed by atoms with E-state index in [1.165, 1.54) is 46.8 Å². The fraction of sp³-hybridized carbons (Fsp3) is 0.500. The van der Waals surface area contributed by atoms with Gasteiger partial charge in [-0.15, -0.1) is 11.8 Å².